The Morgan fingerprint density at radius 2 is 1.35 bits per heavy atom. The van der Waals surface area contributed by atoms with Crippen LogP contribution in [0.3, 0.4) is 0 Å². The van der Waals surface area contributed by atoms with Crippen LogP contribution in [0.25, 0.3) is 0 Å². The van der Waals surface area contributed by atoms with Gasteiger partial charge in [0.25, 0.3) is 0 Å². The Hall–Kier alpha value is -2.29. The second-order valence-corrected chi connectivity index (χ2v) is 5.78. The van der Waals surface area contributed by atoms with E-state index in [-0.39, 0.29) is 5.97 Å². The number of hydrogen-bond acceptors (Lipinski definition) is 3. The van der Waals surface area contributed by atoms with Crippen molar-refractivity contribution in [2.24, 2.45) is 0 Å². The number of esters is 1. The van der Waals surface area contributed by atoms with Crippen LogP contribution in [0.1, 0.15) is 56.6 Å². The predicted molar refractivity (Wildman–Crippen MR) is 91.9 cm³/mol. The zero-order valence-corrected chi connectivity index (χ0v) is 14.0. The zero-order valence-electron chi connectivity index (χ0n) is 14.0. The molecular formula is C20H24O3. The van der Waals surface area contributed by atoms with Gasteiger partial charge in [-0.05, 0) is 60.1 Å². The maximum Gasteiger partial charge on any atom is 0.308 e. The minimum Gasteiger partial charge on any atom is -0.508 e. The van der Waals surface area contributed by atoms with Crippen molar-refractivity contribution in [2.75, 3.05) is 0 Å². The molecule has 0 fully saturated rings. The molecule has 0 saturated heterocycles. The van der Waals surface area contributed by atoms with Crippen molar-refractivity contribution in [1.82, 2.24) is 0 Å². The van der Waals surface area contributed by atoms with E-state index in [2.05, 4.69) is 13.8 Å². The number of benzene rings is 2. The number of carbonyl (C=O) groups is 1. The third-order valence-electron chi connectivity index (χ3n) is 4.26. The molecule has 122 valence electrons. The summed E-state index contributed by atoms with van der Waals surface area (Å²) < 4.78 is 5.10. The van der Waals surface area contributed by atoms with Crippen LogP contribution in [0.4, 0.5) is 0 Å². The Kier molecular flexibility index (Phi) is 5.80. The first-order valence-corrected chi connectivity index (χ1v) is 8.12. The van der Waals surface area contributed by atoms with E-state index in [1.807, 2.05) is 36.4 Å². The highest BCUT2D eigenvalue weighted by atomic mass is 16.5. The fourth-order valence-electron chi connectivity index (χ4n) is 3.18. The quantitative estimate of drug-likeness (QED) is 0.603. The van der Waals surface area contributed by atoms with Gasteiger partial charge in [0.05, 0.1) is 0 Å². The maximum atomic E-state index is 11.0. The van der Waals surface area contributed by atoms with Gasteiger partial charge in [-0.3, -0.25) is 4.79 Å². The second-order valence-electron chi connectivity index (χ2n) is 5.78. The average Bonchev–Trinajstić information content (AvgIpc) is 2.54. The summed E-state index contributed by atoms with van der Waals surface area (Å²) in [6.07, 6.45) is 2.04. The van der Waals surface area contributed by atoms with Crippen molar-refractivity contribution < 1.29 is 14.6 Å². The number of ether oxygens (including phenoxy) is 1. The second kappa shape index (κ2) is 7.82. The number of rotatable bonds is 6. The van der Waals surface area contributed by atoms with E-state index in [1.165, 1.54) is 18.1 Å². The number of hydrogen-bond donors (Lipinski definition) is 1. The largest absolute Gasteiger partial charge is 0.508 e. The molecule has 2 unspecified atom stereocenters. The molecule has 0 aromatic heterocycles. The minimum absolute atomic E-state index is 0.294. The van der Waals surface area contributed by atoms with E-state index in [1.54, 1.807) is 12.1 Å². The highest BCUT2D eigenvalue weighted by molar-refractivity contribution is 5.69. The molecule has 0 radical (unpaired) electrons. The lowest BCUT2D eigenvalue weighted by molar-refractivity contribution is -0.131. The molecule has 2 aromatic carbocycles. The number of phenols is 1. The molecule has 2 atom stereocenters. The molecule has 2 aromatic rings. The van der Waals surface area contributed by atoms with Crippen LogP contribution in [-0.4, -0.2) is 11.1 Å². The molecule has 23 heavy (non-hydrogen) atoms. The normalized spacial score (nSPS) is 13.3. The third kappa shape index (κ3) is 4.35. The average molecular weight is 312 g/mol. The fourth-order valence-corrected chi connectivity index (χ4v) is 3.18. The third-order valence-corrected chi connectivity index (χ3v) is 4.26. The molecule has 1 N–H and O–H groups in total. The molecule has 0 amide bonds. The van der Waals surface area contributed by atoms with E-state index in [4.69, 9.17) is 4.74 Å². The van der Waals surface area contributed by atoms with Gasteiger partial charge in [0.2, 0.25) is 0 Å². The summed E-state index contributed by atoms with van der Waals surface area (Å²) in [5, 5.41) is 9.49. The van der Waals surface area contributed by atoms with Crippen LogP contribution >= 0.6 is 0 Å². The highest BCUT2D eigenvalue weighted by Crippen LogP contribution is 2.38. The van der Waals surface area contributed by atoms with Crippen molar-refractivity contribution in [3.8, 4) is 11.5 Å². The Morgan fingerprint density at radius 1 is 0.913 bits per heavy atom. The predicted octanol–water partition coefficient (Wildman–Crippen LogP) is 5.00. The molecule has 3 heteroatoms. The summed E-state index contributed by atoms with van der Waals surface area (Å²) in [5.74, 6) is 1.34. The van der Waals surface area contributed by atoms with Crippen LogP contribution in [0, 0.1) is 0 Å². The molecule has 0 aliphatic heterocycles. The van der Waals surface area contributed by atoms with Crippen LogP contribution in [0.15, 0.2) is 48.5 Å². The SMILES string of the molecule is CCC(c1ccc(O)cc1)C(CC)c1ccc(OC(C)=O)cc1. The van der Waals surface area contributed by atoms with E-state index >= 15 is 0 Å². The Bertz CT molecular complexity index is 629. The van der Waals surface area contributed by atoms with Crippen molar-refractivity contribution >= 4 is 5.97 Å². The van der Waals surface area contributed by atoms with E-state index < -0.39 is 0 Å². The van der Waals surface area contributed by atoms with Gasteiger partial charge in [0.1, 0.15) is 11.5 Å². The lowest BCUT2D eigenvalue weighted by atomic mass is 9.78. The maximum absolute atomic E-state index is 11.0. The summed E-state index contributed by atoms with van der Waals surface area (Å²) in [4.78, 5) is 11.0. The van der Waals surface area contributed by atoms with Gasteiger partial charge in [-0.25, -0.2) is 0 Å². The van der Waals surface area contributed by atoms with E-state index in [0.717, 1.165) is 12.8 Å². The molecule has 0 bridgehead atoms. The summed E-state index contributed by atoms with van der Waals surface area (Å²) >= 11 is 0. The summed E-state index contributed by atoms with van der Waals surface area (Å²) in [5.41, 5.74) is 2.48. The highest BCUT2D eigenvalue weighted by Gasteiger charge is 2.22. The summed E-state index contributed by atoms with van der Waals surface area (Å²) in [6, 6.07) is 15.3. The summed E-state index contributed by atoms with van der Waals surface area (Å²) in [6.45, 7) is 5.78. The van der Waals surface area contributed by atoms with Gasteiger partial charge in [0, 0.05) is 6.92 Å². The van der Waals surface area contributed by atoms with Crippen molar-refractivity contribution in [1.29, 1.82) is 0 Å². The summed E-state index contributed by atoms with van der Waals surface area (Å²) in [7, 11) is 0. The molecule has 0 saturated carbocycles. The molecule has 0 aliphatic rings. The molecular weight excluding hydrogens is 288 g/mol. The van der Waals surface area contributed by atoms with Gasteiger partial charge in [0.15, 0.2) is 0 Å². The first-order chi connectivity index (χ1) is 11.0. The van der Waals surface area contributed by atoms with Gasteiger partial charge in [-0.15, -0.1) is 0 Å². The van der Waals surface area contributed by atoms with E-state index in [9.17, 15) is 9.90 Å². The van der Waals surface area contributed by atoms with Crippen LogP contribution in [0.2, 0.25) is 0 Å². The lowest BCUT2D eigenvalue weighted by Gasteiger charge is -2.26. The minimum atomic E-state index is -0.305. The number of phenolic OH excluding ortho intramolecular Hbond substituents is 1. The lowest BCUT2D eigenvalue weighted by Crippen LogP contribution is -2.10. The Labute approximate surface area is 137 Å². The first-order valence-electron chi connectivity index (χ1n) is 8.12. The zero-order chi connectivity index (χ0) is 16.8. The van der Waals surface area contributed by atoms with Gasteiger partial charge in [-0.2, -0.15) is 0 Å². The topological polar surface area (TPSA) is 46.5 Å². The van der Waals surface area contributed by atoms with E-state index in [0.29, 0.717) is 23.3 Å². The van der Waals surface area contributed by atoms with Gasteiger partial charge in [-0.1, -0.05) is 38.1 Å². The van der Waals surface area contributed by atoms with Crippen LogP contribution in [-0.2, 0) is 4.79 Å². The smallest absolute Gasteiger partial charge is 0.308 e. The van der Waals surface area contributed by atoms with Crippen LogP contribution < -0.4 is 4.74 Å². The Morgan fingerprint density at radius 3 is 1.74 bits per heavy atom. The molecule has 2 rings (SSSR count). The van der Waals surface area contributed by atoms with Gasteiger partial charge >= 0.3 is 5.97 Å². The van der Waals surface area contributed by atoms with Crippen molar-refractivity contribution in [3.05, 3.63) is 59.7 Å². The Balaban J connectivity index is 2.25. The fraction of sp³-hybridized carbons (Fsp3) is 0.350. The molecule has 0 spiro atoms. The van der Waals surface area contributed by atoms with Crippen molar-refractivity contribution in [2.45, 2.75) is 45.4 Å². The number of carbonyl (C=O) groups excluding carboxylic acids is 1. The monoisotopic (exact) mass is 312 g/mol. The molecule has 3 nitrogen and oxygen atoms in total. The van der Waals surface area contributed by atoms with Crippen molar-refractivity contribution in [3.63, 3.8) is 0 Å². The van der Waals surface area contributed by atoms with Gasteiger partial charge < -0.3 is 9.84 Å². The van der Waals surface area contributed by atoms with Crippen LogP contribution in [0.5, 0.6) is 11.5 Å². The molecule has 0 heterocycles. The molecule has 0 aliphatic carbocycles. The first kappa shape index (κ1) is 17.1. The number of aromatic hydroxyl groups is 1. The standard InChI is InChI=1S/C20H24O3/c1-4-19(15-6-10-17(22)11-7-15)20(5-2)16-8-12-18(13-9-16)23-14(3)21/h6-13,19-20,22H,4-5H2,1-3H3.